The molecular weight excluding hydrogens is 140 g/mol. The zero-order valence-electron chi connectivity index (χ0n) is 5.69. The molecule has 1 unspecified atom stereocenters. The molecule has 1 atom stereocenters. The van der Waals surface area contributed by atoms with E-state index < -0.39 is 5.56 Å². The van der Waals surface area contributed by atoms with Gasteiger partial charge in [-0.3, -0.25) is 4.79 Å². The average molecular weight is 151 g/mol. The summed E-state index contributed by atoms with van der Waals surface area (Å²) in [4.78, 5) is 10.4. The van der Waals surface area contributed by atoms with Gasteiger partial charge >= 0.3 is 0 Å². The maximum Gasteiger partial charge on any atom is 0.138 e. The number of carbonyl (C=O) groups excluding carboxylic acids is 1. The van der Waals surface area contributed by atoms with Gasteiger partial charge in [0.2, 0.25) is 0 Å². The number of ketones is 1. The summed E-state index contributed by atoms with van der Waals surface area (Å²) >= 11 is 5.53. The van der Waals surface area contributed by atoms with Crippen LogP contribution in [0.15, 0.2) is 0 Å². The third-order valence-corrected chi connectivity index (χ3v) is 1.08. The van der Waals surface area contributed by atoms with Crippen molar-refractivity contribution in [3.63, 3.8) is 0 Å². The van der Waals surface area contributed by atoms with Crippen molar-refractivity contribution in [2.45, 2.75) is 25.8 Å². The molecule has 54 valence electrons. The van der Waals surface area contributed by atoms with E-state index in [4.69, 9.17) is 16.3 Å². The van der Waals surface area contributed by atoms with Gasteiger partial charge in [-0.1, -0.05) is 11.6 Å². The molecular formula is C6H11ClO2. The predicted molar refractivity (Wildman–Crippen MR) is 36.6 cm³/mol. The Hall–Kier alpha value is -0.0800. The monoisotopic (exact) mass is 150 g/mol. The van der Waals surface area contributed by atoms with Crippen LogP contribution >= 0.6 is 11.6 Å². The second kappa shape index (κ2) is 4.77. The normalized spacial score (nSPS) is 13.2. The Morgan fingerprint density at radius 2 is 2.33 bits per heavy atom. The molecule has 0 bridgehead atoms. The molecule has 0 saturated heterocycles. The van der Waals surface area contributed by atoms with Crippen molar-refractivity contribution in [1.82, 2.24) is 0 Å². The second-order valence-corrected chi connectivity index (χ2v) is 2.26. The van der Waals surface area contributed by atoms with E-state index in [2.05, 4.69) is 0 Å². The van der Waals surface area contributed by atoms with E-state index in [-0.39, 0.29) is 5.78 Å². The molecule has 0 spiro atoms. The van der Waals surface area contributed by atoms with E-state index in [1.54, 1.807) is 0 Å². The number of ether oxygens (including phenoxy) is 1. The van der Waals surface area contributed by atoms with Crippen molar-refractivity contribution in [2.24, 2.45) is 0 Å². The first kappa shape index (κ1) is 8.92. The molecule has 0 heterocycles. The van der Waals surface area contributed by atoms with E-state index in [1.807, 2.05) is 6.92 Å². The fourth-order valence-electron chi connectivity index (χ4n) is 0.466. The van der Waals surface area contributed by atoms with Gasteiger partial charge in [0, 0.05) is 13.0 Å². The number of hydrogen-bond donors (Lipinski definition) is 0. The van der Waals surface area contributed by atoms with Crippen LogP contribution in [0.25, 0.3) is 0 Å². The lowest BCUT2D eigenvalue weighted by atomic mass is 10.3. The van der Waals surface area contributed by atoms with Gasteiger partial charge in [0.1, 0.15) is 11.3 Å². The highest BCUT2D eigenvalue weighted by Crippen LogP contribution is 2.03. The minimum absolute atomic E-state index is 0.0588. The molecule has 3 heteroatoms. The minimum Gasteiger partial charge on any atom is -0.362 e. The van der Waals surface area contributed by atoms with Gasteiger partial charge in [0.15, 0.2) is 0 Å². The Morgan fingerprint density at radius 3 is 2.67 bits per heavy atom. The Labute approximate surface area is 60.1 Å². The highest BCUT2D eigenvalue weighted by atomic mass is 35.5. The number of rotatable bonds is 4. The molecule has 0 radical (unpaired) electrons. The zero-order chi connectivity index (χ0) is 7.28. The lowest BCUT2D eigenvalue weighted by Gasteiger charge is -2.04. The molecule has 0 aliphatic heterocycles. The van der Waals surface area contributed by atoms with E-state index in [9.17, 15) is 4.79 Å². The molecule has 0 rings (SSSR count). The van der Waals surface area contributed by atoms with E-state index in [1.165, 1.54) is 6.92 Å². The molecule has 0 amide bonds. The van der Waals surface area contributed by atoms with Gasteiger partial charge in [-0.25, -0.2) is 0 Å². The zero-order valence-corrected chi connectivity index (χ0v) is 6.44. The van der Waals surface area contributed by atoms with Gasteiger partial charge in [0.05, 0.1) is 0 Å². The maximum atomic E-state index is 10.4. The Morgan fingerprint density at radius 1 is 1.78 bits per heavy atom. The van der Waals surface area contributed by atoms with E-state index in [0.29, 0.717) is 13.0 Å². The predicted octanol–water partition coefficient (Wildman–Crippen LogP) is 1.57. The van der Waals surface area contributed by atoms with Gasteiger partial charge in [-0.15, -0.1) is 0 Å². The molecule has 0 fully saturated rings. The van der Waals surface area contributed by atoms with Gasteiger partial charge < -0.3 is 4.74 Å². The number of carbonyl (C=O) groups is 1. The highest BCUT2D eigenvalue weighted by molar-refractivity contribution is 6.20. The highest BCUT2D eigenvalue weighted by Gasteiger charge is 2.04. The minimum atomic E-state index is -0.438. The summed E-state index contributed by atoms with van der Waals surface area (Å²) < 4.78 is 4.90. The van der Waals surface area contributed by atoms with Crippen LogP contribution in [0, 0.1) is 0 Å². The topological polar surface area (TPSA) is 26.3 Å². The standard InChI is InChI=1S/C6H11ClO2/c1-3-9-6(7)4-5(2)8/h6H,3-4H2,1-2H3. The van der Waals surface area contributed by atoms with Crippen LogP contribution < -0.4 is 0 Å². The number of alkyl halides is 1. The van der Waals surface area contributed by atoms with E-state index >= 15 is 0 Å². The average Bonchev–Trinajstić information content (AvgIpc) is 1.63. The van der Waals surface area contributed by atoms with Crippen molar-refractivity contribution < 1.29 is 9.53 Å². The summed E-state index contributed by atoms with van der Waals surface area (Å²) in [5, 5.41) is 0. The third-order valence-electron chi connectivity index (χ3n) is 0.795. The van der Waals surface area contributed by atoms with Crippen molar-refractivity contribution in [3.05, 3.63) is 0 Å². The number of Topliss-reactive ketones (excluding diaryl/α,β-unsaturated/α-hetero) is 1. The first-order chi connectivity index (χ1) is 4.16. The summed E-state index contributed by atoms with van der Waals surface area (Å²) in [5.41, 5.74) is -0.438. The molecule has 9 heavy (non-hydrogen) atoms. The second-order valence-electron chi connectivity index (χ2n) is 1.77. The fraction of sp³-hybridized carbons (Fsp3) is 0.833. The molecule has 0 saturated carbocycles. The summed E-state index contributed by atoms with van der Waals surface area (Å²) in [5.74, 6) is 0.0588. The number of halogens is 1. The molecule has 2 nitrogen and oxygen atoms in total. The molecule has 0 N–H and O–H groups in total. The molecule has 0 aliphatic rings. The third kappa shape index (κ3) is 5.80. The summed E-state index contributed by atoms with van der Waals surface area (Å²) in [6.45, 7) is 3.89. The van der Waals surface area contributed by atoms with Gasteiger partial charge in [-0.05, 0) is 13.8 Å². The maximum absolute atomic E-state index is 10.4. The molecule has 0 aromatic rings. The van der Waals surface area contributed by atoms with Crippen LogP contribution in [-0.4, -0.2) is 18.0 Å². The van der Waals surface area contributed by atoms with Crippen LogP contribution in [0.4, 0.5) is 0 Å². The molecule has 0 aromatic carbocycles. The first-order valence-corrected chi connectivity index (χ1v) is 3.35. The van der Waals surface area contributed by atoms with E-state index in [0.717, 1.165) is 0 Å². The van der Waals surface area contributed by atoms with Crippen LogP contribution in [0.1, 0.15) is 20.3 Å². The van der Waals surface area contributed by atoms with Gasteiger partial charge in [0.25, 0.3) is 0 Å². The Kier molecular flexibility index (Phi) is 4.72. The van der Waals surface area contributed by atoms with Crippen molar-refractivity contribution >= 4 is 17.4 Å². The quantitative estimate of drug-likeness (QED) is 0.569. The summed E-state index contributed by atoms with van der Waals surface area (Å²) in [7, 11) is 0. The van der Waals surface area contributed by atoms with Crippen LogP contribution in [0.5, 0.6) is 0 Å². The SMILES string of the molecule is CCOC(Cl)CC(C)=O. The lowest BCUT2D eigenvalue weighted by Crippen LogP contribution is -2.08. The fourth-order valence-corrected chi connectivity index (χ4v) is 0.809. The molecule has 0 aliphatic carbocycles. The summed E-state index contributed by atoms with van der Waals surface area (Å²) in [6.07, 6.45) is 0.301. The van der Waals surface area contributed by atoms with Crippen LogP contribution in [0.2, 0.25) is 0 Å². The smallest absolute Gasteiger partial charge is 0.138 e. The van der Waals surface area contributed by atoms with Crippen molar-refractivity contribution in [2.75, 3.05) is 6.61 Å². The molecule has 0 aromatic heterocycles. The number of hydrogen-bond acceptors (Lipinski definition) is 2. The largest absolute Gasteiger partial charge is 0.362 e. The van der Waals surface area contributed by atoms with Crippen LogP contribution in [-0.2, 0) is 9.53 Å². The van der Waals surface area contributed by atoms with Crippen molar-refractivity contribution in [3.8, 4) is 0 Å². The van der Waals surface area contributed by atoms with Gasteiger partial charge in [-0.2, -0.15) is 0 Å². The van der Waals surface area contributed by atoms with Crippen LogP contribution in [0.3, 0.4) is 0 Å². The first-order valence-electron chi connectivity index (χ1n) is 2.92. The van der Waals surface area contributed by atoms with Crippen molar-refractivity contribution in [1.29, 1.82) is 0 Å². The lowest BCUT2D eigenvalue weighted by molar-refractivity contribution is -0.118. The summed E-state index contributed by atoms with van der Waals surface area (Å²) in [6, 6.07) is 0. The Balaban J connectivity index is 3.26. The Bertz CT molecular complexity index is 93.1.